The normalized spacial score (nSPS) is 11.2. The molecule has 0 radical (unpaired) electrons. The van der Waals surface area contributed by atoms with Crippen LogP contribution in [0.4, 0.5) is 0 Å². The summed E-state index contributed by atoms with van der Waals surface area (Å²) in [5.74, 6) is 0. The summed E-state index contributed by atoms with van der Waals surface area (Å²) in [6.07, 6.45) is 1.38. The van der Waals surface area contributed by atoms with Gasteiger partial charge in [-0.15, -0.1) is 0 Å². The van der Waals surface area contributed by atoms with E-state index in [0.29, 0.717) is 11.1 Å². The van der Waals surface area contributed by atoms with Crippen LogP contribution in [-0.2, 0) is 10.0 Å². The Labute approximate surface area is 123 Å². The SMILES string of the molecule is Cc1ccc(S(=O)(=O)N/N=C\c2ccc(C#N)cc2)cc1. The predicted molar refractivity (Wildman–Crippen MR) is 80.3 cm³/mol. The van der Waals surface area contributed by atoms with Crippen molar-refractivity contribution in [3.05, 3.63) is 65.2 Å². The molecule has 0 fully saturated rings. The summed E-state index contributed by atoms with van der Waals surface area (Å²) >= 11 is 0. The molecule has 6 heteroatoms. The van der Waals surface area contributed by atoms with Crippen molar-refractivity contribution < 1.29 is 8.42 Å². The van der Waals surface area contributed by atoms with Crippen molar-refractivity contribution in [1.29, 1.82) is 5.26 Å². The van der Waals surface area contributed by atoms with Crippen LogP contribution in [0.25, 0.3) is 0 Å². The Morgan fingerprint density at radius 1 is 1.10 bits per heavy atom. The van der Waals surface area contributed by atoms with Gasteiger partial charge in [0.15, 0.2) is 0 Å². The van der Waals surface area contributed by atoms with Gasteiger partial charge in [0.25, 0.3) is 10.0 Å². The molecule has 2 aromatic rings. The van der Waals surface area contributed by atoms with Gasteiger partial charge in [0.2, 0.25) is 0 Å². The molecular formula is C15H13N3O2S. The summed E-state index contributed by atoms with van der Waals surface area (Å²) in [5.41, 5.74) is 2.21. The largest absolute Gasteiger partial charge is 0.276 e. The first-order chi connectivity index (χ1) is 10.0. The van der Waals surface area contributed by atoms with Gasteiger partial charge in [0, 0.05) is 0 Å². The van der Waals surface area contributed by atoms with E-state index in [-0.39, 0.29) is 4.90 Å². The summed E-state index contributed by atoms with van der Waals surface area (Å²) in [6, 6.07) is 15.1. The third-order valence-electron chi connectivity index (χ3n) is 2.76. The number of sulfonamides is 1. The van der Waals surface area contributed by atoms with Gasteiger partial charge in [-0.1, -0.05) is 29.8 Å². The quantitative estimate of drug-likeness (QED) is 0.694. The maximum atomic E-state index is 12.0. The van der Waals surface area contributed by atoms with Crippen molar-refractivity contribution in [2.45, 2.75) is 11.8 Å². The molecule has 21 heavy (non-hydrogen) atoms. The predicted octanol–water partition coefficient (Wildman–Crippen LogP) is 2.18. The molecule has 0 aliphatic carbocycles. The van der Waals surface area contributed by atoms with Gasteiger partial charge in [-0.3, -0.25) is 0 Å². The second-order valence-electron chi connectivity index (χ2n) is 4.40. The molecule has 5 nitrogen and oxygen atoms in total. The van der Waals surface area contributed by atoms with Gasteiger partial charge in [-0.2, -0.15) is 18.8 Å². The number of nitriles is 1. The highest BCUT2D eigenvalue weighted by Crippen LogP contribution is 2.09. The van der Waals surface area contributed by atoms with E-state index in [9.17, 15) is 8.42 Å². The number of nitrogens with one attached hydrogen (secondary N) is 1. The molecule has 0 amide bonds. The van der Waals surface area contributed by atoms with Crippen LogP contribution in [0.5, 0.6) is 0 Å². The van der Waals surface area contributed by atoms with Crippen LogP contribution in [0.3, 0.4) is 0 Å². The highest BCUT2D eigenvalue weighted by atomic mass is 32.2. The number of hydrazone groups is 1. The number of hydrogen-bond donors (Lipinski definition) is 1. The van der Waals surface area contributed by atoms with Crippen LogP contribution in [0.1, 0.15) is 16.7 Å². The van der Waals surface area contributed by atoms with E-state index in [1.165, 1.54) is 18.3 Å². The maximum Gasteiger partial charge on any atom is 0.276 e. The molecule has 0 aromatic heterocycles. The van der Waals surface area contributed by atoms with Gasteiger partial charge < -0.3 is 0 Å². The molecular weight excluding hydrogens is 286 g/mol. The summed E-state index contributed by atoms with van der Waals surface area (Å²) in [7, 11) is -3.66. The van der Waals surface area contributed by atoms with E-state index in [0.717, 1.165) is 5.56 Å². The zero-order valence-electron chi connectivity index (χ0n) is 11.3. The van der Waals surface area contributed by atoms with Crippen LogP contribution >= 0.6 is 0 Å². The third kappa shape index (κ3) is 3.91. The Hall–Kier alpha value is -2.65. The topological polar surface area (TPSA) is 82.3 Å². The van der Waals surface area contributed by atoms with Crippen LogP contribution in [0.15, 0.2) is 58.5 Å². The van der Waals surface area contributed by atoms with E-state index in [1.54, 1.807) is 36.4 Å². The Balaban J connectivity index is 2.09. The molecule has 0 saturated heterocycles. The Bertz CT molecular complexity index is 786. The van der Waals surface area contributed by atoms with Crippen LogP contribution in [-0.4, -0.2) is 14.6 Å². The van der Waals surface area contributed by atoms with E-state index in [2.05, 4.69) is 9.93 Å². The van der Waals surface area contributed by atoms with Crippen molar-refractivity contribution in [3.63, 3.8) is 0 Å². The van der Waals surface area contributed by atoms with Gasteiger partial charge >= 0.3 is 0 Å². The highest BCUT2D eigenvalue weighted by Gasteiger charge is 2.11. The van der Waals surface area contributed by atoms with Crippen LogP contribution < -0.4 is 4.83 Å². The number of hydrogen-bond acceptors (Lipinski definition) is 4. The second-order valence-corrected chi connectivity index (χ2v) is 6.06. The zero-order valence-corrected chi connectivity index (χ0v) is 12.1. The zero-order chi connectivity index (χ0) is 15.3. The molecule has 2 aromatic carbocycles. The first kappa shape index (κ1) is 14.8. The smallest absolute Gasteiger partial charge is 0.200 e. The minimum Gasteiger partial charge on any atom is -0.200 e. The molecule has 0 heterocycles. The lowest BCUT2D eigenvalue weighted by Crippen LogP contribution is -2.18. The fraction of sp³-hybridized carbons (Fsp3) is 0.0667. The Kier molecular flexibility index (Phi) is 4.36. The van der Waals surface area contributed by atoms with E-state index in [1.807, 2.05) is 13.0 Å². The molecule has 106 valence electrons. The van der Waals surface area contributed by atoms with Crippen molar-refractivity contribution >= 4 is 16.2 Å². The van der Waals surface area contributed by atoms with Crippen molar-refractivity contribution in [2.24, 2.45) is 5.10 Å². The van der Waals surface area contributed by atoms with Crippen molar-refractivity contribution in [3.8, 4) is 6.07 Å². The van der Waals surface area contributed by atoms with Gasteiger partial charge in [0.1, 0.15) is 0 Å². The minimum absolute atomic E-state index is 0.157. The van der Waals surface area contributed by atoms with Crippen molar-refractivity contribution in [2.75, 3.05) is 0 Å². The molecule has 0 aliphatic heterocycles. The van der Waals surface area contributed by atoms with Gasteiger partial charge in [0.05, 0.1) is 22.7 Å². The molecule has 0 aliphatic rings. The molecule has 0 atom stereocenters. The number of aryl methyl sites for hydroxylation is 1. The molecule has 0 bridgehead atoms. The van der Waals surface area contributed by atoms with Gasteiger partial charge in [-0.25, -0.2) is 4.83 Å². The fourth-order valence-corrected chi connectivity index (χ4v) is 2.38. The lowest BCUT2D eigenvalue weighted by atomic mass is 10.2. The average Bonchev–Trinajstić information content (AvgIpc) is 2.48. The first-order valence-corrected chi connectivity index (χ1v) is 7.61. The molecule has 0 spiro atoms. The summed E-state index contributed by atoms with van der Waals surface area (Å²) < 4.78 is 23.9. The standard InChI is InChI=1S/C15H13N3O2S/c1-12-2-8-15(9-3-12)21(19,20)18-17-11-14-6-4-13(10-16)5-7-14/h2-9,11,18H,1H3/b17-11-. The minimum atomic E-state index is -3.66. The average molecular weight is 299 g/mol. The summed E-state index contributed by atoms with van der Waals surface area (Å²) in [4.78, 5) is 2.31. The Morgan fingerprint density at radius 2 is 1.71 bits per heavy atom. The number of rotatable bonds is 4. The van der Waals surface area contributed by atoms with E-state index >= 15 is 0 Å². The fourth-order valence-electron chi connectivity index (χ4n) is 1.58. The van der Waals surface area contributed by atoms with Crippen molar-refractivity contribution in [1.82, 2.24) is 4.83 Å². The molecule has 2 rings (SSSR count). The van der Waals surface area contributed by atoms with E-state index < -0.39 is 10.0 Å². The summed E-state index contributed by atoms with van der Waals surface area (Å²) in [6.45, 7) is 1.88. The number of nitrogens with zero attached hydrogens (tertiary/aromatic N) is 2. The monoisotopic (exact) mass is 299 g/mol. The Morgan fingerprint density at radius 3 is 2.29 bits per heavy atom. The van der Waals surface area contributed by atoms with Gasteiger partial charge in [-0.05, 0) is 36.8 Å². The molecule has 0 unspecified atom stereocenters. The maximum absolute atomic E-state index is 12.0. The number of benzene rings is 2. The molecule has 0 saturated carbocycles. The lowest BCUT2D eigenvalue weighted by molar-refractivity contribution is 0.584. The highest BCUT2D eigenvalue weighted by molar-refractivity contribution is 7.89. The second kappa shape index (κ2) is 6.20. The molecule has 1 N–H and O–H groups in total. The van der Waals surface area contributed by atoms with Crippen LogP contribution in [0.2, 0.25) is 0 Å². The summed E-state index contributed by atoms with van der Waals surface area (Å²) in [5, 5.41) is 12.4. The first-order valence-electron chi connectivity index (χ1n) is 6.13. The lowest BCUT2D eigenvalue weighted by Gasteiger charge is -2.03. The third-order valence-corrected chi connectivity index (χ3v) is 4.00. The van der Waals surface area contributed by atoms with Crippen LogP contribution in [0, 0.1) is 18.3 Å². The van der Waals surface area contributed by atoms with E-state index in [4.69, 9.17) is 5.26 Å².